The Balaban J connectivity index is 1.78. The molecule has 0 unspecified atom stereocenters. The van der Waals surface area contributed by atoms with Gasteiger partial charge in [0.25, 0.3) is 5.91 Å². The molecule has 0 saturated carbocycles. The van der Waals surface area contributed by atoms with Crippen LogP contribution in [-0.4, -0.2) is 43.8 Å². The first kappa shape index (κ1) is 25.4. The Morgan fingerprint density at radius 3 is 2.30 bits per heavy atom. The molecule has 2 aromatic carbocycles. The number of nitrogens with zero attached hydrogens (tertiary/aromatic N) is 2. The zero-order chi connectivity index (χ0) is 24.0. The molecule has 0 radical (unpaired) electrons. The second-order valence-corrected chi connectivity index (χ2v) is 10.9. The number of anilines is 1. The average molecular weight is 510 g/mol. The van der Waals surface area contributed by atoms with Crippen LogP contribution in [0.5, 0.6) is 5.75 Å². The monoisotopic (exact) mass is 509 g/mol. The van der Waals surface area contributed by atoms with E-state index in [9.17, 15) is 13.2 Å². The lowest BCUT2D eigenvalue weighted by molar-refractivity contribution is 0.102. The molecule has 1 heterocycles. The van der Waals surface area contributed by atoms with E-state index in [1.165, 1.54) is 39.9 Å². The van der Waals surface area contributed by atoms with Crippen LogP contribution in [-0.2, 0) is 10.0 Å². The summed E-state index contributed by atoms with van der Waals surface area (Å²) in [7, 11) is -2.07. The number of carbonyl (C=O) groups excluding carboxylic acids is 1. The second kappa shape index (κ2) is 11.3. The zero-order valence-corrected chi connectivity index (χ0v) is 21.3. The van der Waals surface area contributed by atoms with Gasteiger partial charge in [-0.2, -0.15) is 4.31 Å². The van der Waals surface area contributed by atoms with Crippen LogP contribution in [0.15, 0.2) is 41.3 Å². The van der Waals surface area contributed by atoms with Crippen LogP contribution >= 0.6 is 22.9 Å². The van der Waals surface area contributed by atoms with Crippen LogP contribution in [0.1, 0.15) is 49.9 Å². The number of unbranched alkanes of at least 4 members (excludes halogenated alkanes) is 2. The van der Waals surface area contributed by atoms with E-state index < -0.39 is 10.0 Å². The van der Waals surface area contributed by atoms with Crippen LogP contribution < -0.4 is 10.1 Å². The lowest BCUT2D eigenvalue weighted by Gasteiger charge is -2.22. The van der Waals surface area contributed by atoms with Gasteiger partial charge in [0.05, 0.1) is 21.7 Å². The zero-order valence-electron chi connectivity index (χ0n) is 18.9. The molecule has 10 heteroatoms. The SMILES string of the molecule is CCCCN(CCCC)S(=O)(=O)c1ccc(C(=O)Nc2nc3c(OC)ccc(Cl)c3s2)cc1. The lowest BCUT2D eigenvalue weighted by atomic mass is 10.2. The van der Waals surface area contributed by atoms with Gasteiger partial charge < -0.3 is 4.74 Å². The molecule has 0 fully saturated rings. The summed E-state index contributed by atoms with van der Waals surface area (Å²) < 4.78 is 33.8. The van der Waals surface area contributed by atoms with Crippen molar-refractivity contribution in [2.75, 3.05) is 25.5 Å². The first-order valence-electron chi connectivity index (χ1n) is 10.9. The Morgan fingerprint density at radius 2 is 1.73 bits per heavy atom. The predicted molar refractivity (Wildman–Crippen MR) is 134 cm³/mol. The number of benzene rings is 2. The number of aromatic nitrogens is 1. The summed E-state index contributed by atoms with van der Waals surface area (Å²) in [5.41, 5.74) is 0.908. The molecule has 0 bridgehead atoms. The predicted octanol–water partition coefficient (Wildman–Crippen LogP) is 5.80. The number of carbonyl (C=O) groups is 1. The molecular weight excluding hydrogens is 482 g/mol. The van der Waals surface area contributed by atoms with Gasteiger partial charge in [-0.3, -0.25) is 10.1 Å². The maximum Gasteiger partial charge on any atom is 0.257 e. The number of ether oxygens (including phenoxy) is 1. The number of halogens is 1. The van der Waals surface area contributed by atoms with E-state index in [0.717, 1.165) is 25.7 Å². The summed E-state index contributed by atoms with van der Waals surface area (Å²) in [4.78, 5) is 17.3. The smallest absolute Gasteiger partial charge is 0.257 e. The van der Waals surface area contributed by atoms with E-state index in [1.54, 1.807) is 19.2 Å². The van der Waals surface area contributed by atoms with E-state index in [2.05, 4.69) is 10.3 Å². The van der Waals surface area contributed by atoms with Crippen LogP contribution in [0.3, 0.4) is 0 Å². The van der Waals surface area contributed by atoms with E-state index in [0.29, 0.717) is 44.8 Å². The molecule has 0 saturated heterocycles. The number of hydrogen-bond donors (Lipinski definition) is 1. The van der Waals surface area contributed by atoms with E-state index in [-0.39, 0.29) is 10.8 Å². The van der Waals surface area contributed by atoms with Crippen molar-refractivity contribution < 1.29 is 17.9 Å². The number of fused-ring (bicyclic) bond motifs is 1. The molecule has 3 rings (SSSR count). The largest absolute Gasteiger partial charge is 0.494 e. The van der Waals surface area contributed by atoms with Crippen molar-refractivity contribution in [3.8, 4) is 5.75 Å². The van der Waals surface area contributed by atoms with Crippen molar-refractivity contribution in [3.63, 3.8) is 0 Å². The lowest BCUT2D eigenvalue weighted by Crippen LogP contribution is -2.33. The topological polar surface area (TPSA) is 88.6 Å². The molecule has 0 spiro atoms. The molecule has 1 N–H and O–H groups in total. The van der Waals surface area contributed by atoms with Crippen molar-refractivity contribution in [2.24, 2.45) is 0 Å². The van der Waals surface area contributed by atoms with E-state index in [4.69, 9.17) is 16.3 Å². The molecule has 0 atom stereocenters. The van der Waals surface area contributed by atoms with Crippen LogP contribution in [0.4, 0.5) is 5.13 Å². The van der Waals surface area contributed by atoms with Crippen molar-refractivity contribution >= 4 is 54.2 Å². The molecule has 0 aliphatic heterocycles. The van der Waals surface area contributed by atoms with Gasteiger partial charge in [-0.25, -0.2) is 13.4 Å². The number of hydrogen-bond acceptors (Lipinski definition) is 6. The fraction of sp³-hybridized carbons (Fsp3) is 0.391. The number of methoxy groups -OCH3 is 1. The summed E-state index contributed by atoms with van der Waals surface area (Å²) in [6.45, 7) is 5.05. The number of sulfonamides is 1. The summed E-state index contributed by atoms with van der Waals surface area (Å²) in [6.07, 6.45) is 3.45. The van der Waals surface area contributed by atoms with Crippen molar-refractivity contribution in [2.45, 2.75) is 44.4 Å². The third kappa shape index (κ3) is 5.84. The standard InChI is InChI=1S/C23H28ClN3O4S2/c1-4-6-14-27(15-7-5-2)33(29,30)17-10-8-16(9-11-17)22(28)26-23-25-20-19(31-3)13-12-18(24)21(20)32-23/h8-13H,4-7,14-15H2,1-3H3,(H,25,26,28). The summed E-state index contributed by atoms with van der Waals surface area (Å²) >= 11 is 7.49. The maximum absolute atomic E-state index is 13.1. The van der Waals surface area contributed by atoms with E-state index >= 15 is 0 Å². The highest BCUT2D eigenvalue weighted by Crippen LogP contribution is 2.37. The normalized spacial score (nSPS) is 11.8. The Bertz CT molecular complexity index is 1200. The highest BCUT2D eigenvalue weighted by molar-refractivity contribution is 7.89. The minimum atomic E-state index is -3.61. The van der Waals surface area contributed by atoms with Crippen LogP contribution in [0, 0.1) is 0 Å². The Hall–Kier alpha value is -2.20. The molecule has 3 aromatic rings. The fourth-order valence-corrected chi connectivity index (χ4v) is 5.96. The molecule has 33 heavy (non-hydrogen) atoms. The van der Waals surface area contributed by atoms with Gasteiger partial charge in [-0.1, -0.05) is 49.6 Å². The van der Waals surface area contributed by atoms with Crippen LogP contribution in [0.25, 0.3) is 10.2 Å². The van der Waals surface area contributed by atoms with Gasteiger partial charge in [0.15, 0.2) is 5.13 Å². The molecule has 0 aliphatic rings. The number of nitrogens with one attached hydrogen (secondary N) is 1. The molecular formula is C23H28ClN3O4S2. The number of rotatable bonds is 11. The number of thiazole rings is 1. The van der Waals surface area contributed by atoms with Gasteiger partial charge in [0.2, 0.25) is 10.0 Å². The minimum Gasteiger partial charge on any atom is -0.494 e. The molecule has 7 nitrogen and oxygen atoms in total. The van der Waals surface area contributed by atoms with Crippen molar-refractivity contribution in [1.82, 2.24) is 9.29 Å². The molecule has 0 aliphatic carbocycles. The van der Waals surface area contributed by atoms with Gasteiger partial charge >= 0.3 is 0 Å². The summed E-state index contributed by atoms with van der Waals surface area (Å²) in [6, 6.07) is 9.43. The molecule has 1 aromatic heterocycles. The first-order valence-corrected chi connectivity index (χ1v) is 13.5. The molecule has 178 valence electrons. The van der Waals surface area contributed by atoms with Gasteiger partial charge in [-0.15, -0.1) is 0 Å². The Morgan fingerprint density at radius 1 is 1.09 bits per heavy atom. The molecule has 1 amide bonds. The Kier molecular flexibility index (Phi) is 8.69. The Labute approximate surface area is 203 Å². The number of amides is 1. The van der Waals surface area contributed by atoms with Crippen molar-refractivity contribution in [1.29, 1.82) is 0 Å². The first-order chi connectivity index (χ1) is 15.8. The van der Waals surface area contributed by atoms with Gasteiger partial charge in [0.1, 0.15) is 11.3 Å². The van der Waals surface area contributed by atoms with Gasteiger partial charge in [-0.05, 0) is 49.2 Å². The van der Waals surface area contributed by atoms with Crippen molar-refractivity contribution in [3.05, 3.63) is 47.0 Å². The average Bonchev–Trinajstić information content (AvgIpc) is 3.24. The maximum atomic E-state index is 13.1. The third-order valence-electron chi connectivity index (χ3n) is 5.18. The van der Waals surface area contributed by atoms with Gasteiger partial charge in [0, 0.05) is 18.7 Å². The third-order valence-corrected chi connectivity index (χ3v) is 8.52. The fourth-order valence-electron chi connectivity index (χ4n) is 3.29. The highest BCUT2D eigenvalue weighted by Gasteiger charge is 2.24. The highest BCUT2D eigenvalue weighted by atomic mass is 35.5. The summed E-state index contributed by atoms with van der Waals surface area (Å²) in [5, 5.41) is 3.66. The van der Waals surface area contributed by atoms with Crippen LogP contribution in [0.2, 0.25) is 5.02 Å². The quantitative estimate of drug-likeness (QED) is 0.353. The van der Waals surface area contributed by atoms with E-state index in [1.807, 2.05) is 13.8 Å². The summed E-state index contributed by atoms with van der Waals surface area (Å²) in [5.74, 6) is 0.179. The minimum absolute atomic E-state index is 0.183. The second-order valence-electron chi connectivity index (χ2n) is 7.54.